The second kappa shape index (κ2) is 5.32. The molecule has 2 nitrogen and oxygen atoms in total. The van der Waals surface area contributed by atoms with Crippen LogP contribution in [0.5, 0.6) is 0 Å². The number of rotatable bonds is 3. The van der Waals surface area contributed by atoms with Crippen molar-refractivity contribution >= 4 is 0 Å². The Morgan fingerprint density at radius 1 is 1.16 bits per heavy atom. The molecule has 0 amide bonds. The summed E-state index contributed by atoms with van der Waals surface area (Å²) in [7, 11) is 0. The lowest BCUT2D eigenvalue weighted by Crippen LogP contribution is -2.00. The first-order valence-electron chi connectivity index (χ1n) is 6.69. The van der Waals surface area contributed by atoms with Crippen molar-refractivity contribution in [3.63, 3.8) is 0 Å². The van der Waals surface area contributed by atoms with E-state index < -0.39 is 0 Å². The van der Waals surface area contributed by atoms with Gasteiger partial charge in [0.2, 0.25) is 0 Å². The summed E-state index contributed by atoms with van der Waals surface area (Å²) in [5, 5.41) is 8.85. The Balaban J connectivity index is 2.44. The van der Waals surface area contributed by atoms with E-state index in [1.165, 1.54) is 16.9 Å². The van der Waals surface area contributed by atoms with Gasteiger partial charge in [0, 0.05) is 17.1 Å². The zero-order valence-corrected chi connectivity index (χ0v) is 12.1. The Kier molecular flexibility index (Phi) is 3.76. The Bertz CT molecular complexity index is 610. The van der Waals surface area contributed by atoms with Crippen molar-refractivity contribution in [3.8, 4) is 11.8 Å². The topological polar surface area (TPSA) is 28.7 Å². The summed E-state index contributed by atoms with van der Waals surface area (Å²) in [5.41, 5.74) is 5.98. The van der Waals surface area contributed by atoms with E-state index in [4.69, 9.17) is 5.26 Å². The average Bonchev–Trinajstić information content (AvgIpc) is 2.65. The molecule has 0 aliphatic rings. The third kappa shape index (κ3) is 2.56. The predicted octanol–water partition coefficient (Wildman–Crippen LogP) is 4.28. The summed E-state index contributed by atoms with van der Waals surface area (Å²) in [5.74, 6) is 0.551. The molecule has 0 unspecified atom stereocenters. The fraction of sp³-hybridized carbons (Fsp3) is 0.353. The molecular weight excluding hydrogens is 232 g/mol. The Morgan fingerprint density at radius 2 is 1.79 bits per heavy atom. The molecule has 2 aromatic rings. The zero-order valence-electron chi connectivity index (χ0n) is 12.1. The molecule has 0 radical (unpaired) electrons. The van der Waals surface area contributed by atoms with Crippen LogP contribution in [0.4, 0.5) is 0 Å². The first kappa shape index (κ1) is 13.4. The van der Waals surface area contributed by atoms with Gasteiger partial charge in [-0.1, -0.05) is 26.0 Å². The summed E-state index contributed by atoms with van der Waals surface area (Å²) < 4.78 is 2.22. The number of hydrogen-bond donors (Lipinski definition) is 0. The molecule has 0 fully saturated rings. The highest BCUT2D eigenvalue weighted by atomic mass is 15.0. The molecule has 0 saturated carbocycles. The SMILES string of the molecule is Cc1cc(CC#N)c(C)n1-c1ccc(C(C)C)cc1. The van der Waals surface area contributed by atoms with Crippen LogP contribution in [-0.4, -0.2) is 4.57 Å². The second-order valence-corrected chi connectivity index (χ2v) is 5.31. The first-order chi connectivity index (χ1) is 9.04. The molecular formula is C17H20N2. The lowest BCUT2D eigenvalue weighted by molar-refractivity contribution is 0.863. The van der Waals surface area contributed by atoms with Crippen LogP contribution >= 0.6 is 0 Å². The molecule has 1 heterocycles. The van der Waals surface area contributed by atoms with Crippen molar-refractivity contribution in [2.24, 2.45) is 0 Å². The molecule has 0 atom stereocenters. The second-order valence-electron chi connectivity index (χ2n) is 5.31. The van der Waals surface area contributed by atoms with E-state index >= 15 is 0 Å². The molecule has 0 N–H and O–H groups in total. The van der Waals surface area contributed by atoms with Crippen LogP contribution in [0.15, 0.2) is 30.3 Å². The fourth-order valence-corrected chi connectivity index (χ4v) is 2.50. The minimum Gasteiger partial charge on any atom is -0.318 e. The monoisotopic (exact) mass is 252 g/mol. The smallest absolute Gasteiger partial charge is 0.0670 e. The number of aryl methyl sites for hydroxylation is 1. The maximum absolute atomic E-state index is 8.85. The van der Waals surface area contributed by atoms with E-state index in [-0.39, 0.29) is 0 Å². The van der Waals surface area contributed by atoms with Crippen LogP contribution in [-0.2, 0) is 6.42 Å². The fourth-order valence-electron chi connectivity index (χ4n) is 2.50. The highest BCUT2D eigenvalue weighted by Gasteiger charge is 2.10. The minimum atomic E-state index is 0.476. The van der Waals surface area contributed by atoms with Gasteiger partial charge in [-0.25, -0.2) is 0 Å². The number of nitriles is 1. The third-order valence-electron chi connectivity index (χ3n) is 3.62. The van der Waals surface area contributed by atoms with E-state index in [9.17, 15) is 0 Å². The molecule has 98 valence electrons. The highest BCUT2D eigenvalue weighted by molar-refractivity contribution is 5.43. The number of benzene rings is 1. The van der Waals surface area contributed by atoms with Crippen LogP contribution in [0.1, 0.15) is 42.3 Å². The molecule has 0 saturated heterocycles. The van der Waals surface area contributed by atoms with E-state index in [1.54, 1.807) is 0 Å². The summed E-state index contributed by atoms with van der Waals surface area (Å²) >= 11 is 0. The predicted molar refractivity (Wildman–Crippen MR) is 78.6 cm³/mol. The summed E-state index contributed by atoms with van der Waals surface area (Å²) in [4.78, 5) is 0. The minimum absolute atomic E-state index is 0.476. The van der Waals surface area contributed by atoms with Crippen molar-refractivity contribution in [2.45, 2.75) is 40.0 Å². The quantitative estimate of drug-likeness (QED) is 0.801. The third-order valence-corrected chi connectivity index (χ3v) is 3.62. The lowest BCUT2D eigenvalue weighted by Gasteiger charge is -2.12. The molecule has 1 aromatic carbocycles. The standard InChI is InChI=1S/C17H20N2/c1-12(2)15-5-7-17(8-6-15)19-13(3)11-16(9-10-18)14(19)4/h5-8,11-12H,9H2,1-4H3. The van der Waals surface area contributed by atoms with Gasteiger partial charge in [0.25, 0.3) is 0 Å². The van der Waals surface area contributed by atoms with Crippen LogP contribution in [0.3, 0.4) is 0 Å². The van der Waals surface area contributed by atoms with E-state index in [0.29, 0.717) is 12.3 Å². The van der Waals surface area contributed by atoms with Gasteiger partial charge in [-0.15, -0.1) is 0 Å². The number of hydrogen-bond acceptors (Lipinski definition) is 1. The molecule has 0 aliphatic heterocycles. The van der Waals surface area contributed by atoms with Crippen LogP contribution in [0.25, 0.3) is 5.69 Å². The molecule has 2 rings (SSSR count). The van der Waals surface area contributed by atoms with Crippen molar-refractivity contribution in [3.05, 3.63) is 52.8 Å². The molecule has 0 spiro atoms. The summed E-state index contributed by atoms with van der Waals surface area (Å²) in [6, 6.07) is 13.0. The van der Waals surface area contributed by atoms with Crippen molar-refractivity contribution in [2.75, 3.05) is 0 Å². The van der Waals surface area contributed by atoms with Crippen LogP contribution in [0.2, 0.25) is 0 Å². The van der Waals surface area contributed by atoms with Gasteiger partial charge in [-0.2, -0.15) is 5.26 Å². The number of nitrogens with zero attached hydrogens (tertiary/aromatic N) is 2. The van der Waals surface area contributed by atoms with Crippen LogP contribution < -0.4 is 0 Å². The van der Waals surface area contributed by atoms with Gasteiger partial charge in [0.1, 0.15) is 0 Å². The maximum atomic E-state index is 8.85. The average molecular weight is 252 g/mol. The normalized spacial score (nSPS) is 10.7. The largest absolute Gasteiger partial charge is 0.318 e. The van der Waals surface area contributed by atoms with Gasteiger partial charge in [-0.3, -0.25) is 0 Å². The van der Waals surface area contributed by atoms with Gasteiger partial charge < -0.3 is 4.57 Å². The molecule has 1 aromatic heterocycles. The first-order valence-corrected chi connectivity index (χ1v) is 6.69. The number of aromatic nitrogens is 1. The van der Waals surface area contributed by atoms with Gasteiger partial charge in [0.15, 0.2) is 0 Å². The van der Waals surface area contributed by atoms with Crippen LogP contribution in [0, 0.1) is 25.2 Å². The zero-order chi connectivity index (χ0) is 14.0. The van der Waals surface area contributed by atoms with Gasteiger partial charge in [-0.05, 0) is 49.1 Å². The summed E-state index contributed by atoms with van der Waals surface area (Å²) in [6.07, 6.45) is 0.476. The van der Waals surface area contributed by atoms with E-state index in [1.807, 2.05) is 0 Å². The van der Waals surface area contributed by atoms with Gasteiger partial charge in [0.05, 0.1) is 12.5 Å². The van der Waals surface area contributed by atoms with E-state index in [2.05, 4.69) is 68.7 Å². The Labute approximate surface area is 115 Å². The maximum Gasteiger partial charge on any atom is 0.0670 e. The highest BCUT2D eigenvalue weighted by Crippen LogP contribution is 2.23. The molecule has 0 aliphatic carbocycles. The lowest BCUT2D eigenvalue weighted by atomic mass is 10.0. The molecule has 2 heteroatoms. The Hall–Kier alpha value is -2.01. The van der Waals surface area contributed by atoms with Crippen molar-refractivity contribution < 1.29 is 0 Å². The van der Waals surface area contributed by atoms with Crippen molar-refractivity contribution in [1.82, 2.24) is 4.57 Å². The summed E-state index contributed by atoms with van der Waals surface area (Å²) in [6.45, 7) is 8.57. The van der Waals surface area contributed by atoms with Crippen molar-refractivity contribution in [1.29, 1.82) is 5.26 Å². The Morgan fingerprint density at radius 3 is 2.32 bits per heavy atom. The molecule has 19 heavy (non-hydrogen) atoms. The van der Waals surface area contributed by atoms with E-state index in [0.717, 1.165) is 11.3 Å². The van der Waals surface area contributed by atoms with Gasteiger partial charge >= 0.3 is 0 Å². The molecule has 0 bridgehead atoms.